The van der Waals surface area contributed by atoms with Crippen molar-refractivity contribution in [2.24, 2.45) is 0 Å². The largest absolute Gasteiger partial charge is 0.462 e. The van der Waals surface area contributed by atoms with Crippen molar-refractivity contribution >= 4 is 17.9 Å². The van der Waals surface area contributed by atoms with Gasteiger partial charge in [-0.05, 0) is 103 Å². The molecule has 0 aliphatic rings. The second-order valence-electron chi connectivity index (χ2n) is 23.4. The molecule has 1 atom stereocenters. The molecule has 0 fully saturated rings. The summed E-state index contributed by atoms with van der Waals surface area (Å²) in [5.41, 5.74) is 0. The molecule has 0 saturated carbocycles. The van der Waals surface area contributed by atoms with Crippen molar-refractivity contribution in [1.82, 2.24) is 0 Å². The number of carbonyl (C=O) groups is 3. The maximum absolute atomic E-state index is 12.9. The van der Waals surface area contributed by atoms with Gasteiger partial charge in [-0.1, -0.05) is 312 Å². The lowest BCUT2D eigenvalue weighted by atomic mass is 10.0. The Kier molecular flexibility index (Phi) is 65.7. The summed E-state index contributed by atoms with van der Waals surface area (Å²) in [6.07, 6.45) is 89.5. The number of hydrogen-bond acceptors (Lipinski definition) is 6. The fourth-order valence-electron chi connectivity index (χ4n) is 10.2. The van der Waals surface area contributed by atoms with E-state index in [1.54, 1.807) is 0 Å². The number of esters is 3. The summed E-state index contributed by atoms with van der Waals surface area (Å²) in [5, 5.41) is 0. The molecule has 464 valence electrons. The maximum atomic E-state index is 12.9. The quantitative estimate of drug-likeness (QED) is 0.0261. The van der Waals surface area contributed by atoms with Gasteiger partial charge in [0.25, 0.3) is 0 Å². The molecule has 0 spiro atoms. The zero-order valence-electron chi connectivity index (χ0n) is 53.3. The lowest BCUT2D eigenvalue weighted by molar-refractivity contribution is -0.167. The van der Waals surface area contributed by atoms with Gasteiger partial charge in [0.2, 0.25) is 0 Å². The smallest absolute Gasteiger partial charge is 0.306 e. The van der Waals surface area contributed by atoms with Crippen LogP contribution in [-0.4, -0.2) is 37.2 Å². The summed E-state index contributed by atoms with van der Waals surface area (Å²) >= 11 is 0. The van der Waals surface area contributed by atoms with Crippen molar-refractivity contribution in [1.29, 1.82) is 0 Å². The number of ether oxygens (including phenoxy) is 3. The summed E-state index contributed by atoms with van der Waals surface area (Å²) in [4.78, 5) is 38.3. The summed E-state index contributed by atoms with van der Waals surface area (Å²) in [6.45, 7) is 6.51. The molecular formula is C74H132O6. The monoisotopic (exact) mass is 1120 g/mol. The van der Waals surface area contributed by atoms with E-state index in [0.29, 0.717) is 19.3 Å². The molecule has 0 aromatic heterocycles. The number of rotatable bonds is 64. The second kappa shape index (κ2) is 68.3. The SMILES string of the molecule is CC/C=C\C/C=C\C/C=C\C/C=C\CCCCCCCCCCCCCCCCCCCCC(=O)OCC(COC(=O)CCCCCCC/C=C\CCC)OC(=O)CCCCCCCCCCC/C=C\CCCCCCCCCC. The molecule has 0 radical (unpaired) electrons. The van der Waals surface area contributed by atoms with Gasteiger partial charge in [0, 0.05) is 19.3 Å². The third-order valence-corrected chi connectivity index (χ3v) is 15.4. The lowest BCUT2D eigenvalue weighted by Crippen LogP contribution is -2.30. The number of hydrogen-bond donors (Lipinski definition) is 0. The molecule has 0 aliphatic carbocycles. The fourth-order valence-corrected chi connectivity index (χ4v) is 10.2. The van der Waals surface area contributed by atoms with Gasteiger partial charge in [0.1, 0.15) is 13.2 Å². The summed E-state index contributed by atoms with van der Waals surface area (Å²) < 4.78 is 16.9. The normalized spacial score (nSPS) is 12.5. The molecule has 1 unspecified atom stereocenters. The molecule has 0 aromatic carbocycles. The molecule has 0 aromatic rings. The molecule has 6 nitrogen and oxygen atoms in total. The van der Waals surface area contributed by atoms with Gasteiger partial charge in [0.05, 0.1) is 0 Å². The average molecular weight is 1120 g/mol. The Bertz CT molecular complexity index is 1470. The highest BCUT2D eigenvalue weighted by atomic mass is 16.6. The van der Waals surface area contributed by atoms with Crippen molar-refractivity contribution in [3.8, 4) is 0 Å². The molecule has 0 bridgehead atoms. The van der Waals surface area contributed by atoms with Crippen LogP contribution in [0.4, 0.5) is 0 Å². The summed E-state index contributed by atoms with van der Waals surface area (Å²) in [6, 6.07) is 0. The minimum Gasteiger partial charge on any atom is -0.462 e. The van der Waals surface area contributed by atoms with E-state index in [4.69, 9.17) is 14.2 Å². The highest BCUT2D eigenvalue weighted by molar-refractivity contribution is 5.71. The van der Waals surface area contributed by atoms with Crippen LogP contribution in [-0.2, 0) is 28.6 Å². The Labute approximate surface area is 497 Å². The number of allylic oxidation sites excluding steroid dienone is 12. The predicted molar refractivity (Wildman–Crippen MR) is 348 cm³/mol. The van der Waals surface area contributed by atoms with Crippen LogP contribution in [0.1, 0.15) is 361 Å². The van der Waals surface area contributed by atoms with Crippen molar-refractivity contribution in [3.05, 3.63) is 72.9 Å². The van der Waals surface area contributed by atoms with Gasteiger partial charge in [-0.15, -0.1) is 0 Å². The topological polar surface area (TPSA) is 78.9 Å². The van der Waals surface area contributed by atoms with Gasteiger partial charge in [-0.25, -0.2) is 0 Å². The predicted octanol–water partition coefficient (Wildman–Crippen LogP) is 24.1. The standard InChI is InChI=1S/C74H132O6/c1-4-7-10-13-16-19-22-24-26-28-30-32-33-34-35-36-37-38-39-40-41-43-44-46-48-50-52-55-58-61-64-67-73(76)79-70-71(69-78-72(75)66-63-60-57-54-21-18-15-12-9-6-3)80-74(77)68-65-62-59-56-53-51-49-47-45-42-31-29-27-25-23-20-17-14-11-8-5-2/h7,10,12,15-16,19,24,26,29-32,71H,4-6,8-9,11,13-14,17-18,20-23,25,27-28,33-70H2,1-3H3/b10-7-,15-12-,19-16-,26-24-,31-29-,32-30-. The first-order chi connectivity index (χ1) is 39.5. The van der Waals surface area contributed by atoms with E-state index in [1.807, 2.05) is 0 Å². The highest BCUT2D eigenvalue weighted by Crippen LogP contribution is 2.18. The molecule has 0 amide bonds. The van der Waals surface area contributed by atoms with Crippen LogP contribution in [0.5, 0.6) is 0 Å². The van der Waals surface area contributed by atoms with Crippen molar-refractivity contribution in [2.45, 2.75) is 367 Å². The lowest BCUT2D eigenvalue weighted by Gasteiger charge is -2.18. The fraction of sp³-hybridized carbons (Fsp3) is 0.797. The van der Waals surface area contributed by atoms with Gasteiger partial charge in [-0.3, -0.25) is 14.4 Å². The Morgan fingerprint density at radius 3 is 0.825 bits per heavy atom. The number of unbranched alkanes of at least 4 members (excludes halogenated alkanes) is 41. The van der Waals surface area contributed by atoms with Gasteiger partial charge in [-0.2, -0.15) is 0 Å². The van der Waals surface area contributed by atoms with Crippen LogP contribution in [0.15, 0.2) is 72.9 Å². The van der Waals surface area contributed by atoms with E-state index in [2.05, 4.69) is 93.7 Å². The Hall–Kier alpha value is -3.15. The molecule has 0 rings (SSSR count). The summed E-state index contributed by atoms with van der Waals surface area (Å²) in [5.74, 6) is -0.868. The molecule has 0 N–H and O–H groups in total. The number of carbonyl (C=O) groups excluding carboxylic acids is 3. The first-order valence-electron chi connectivity index (χ1n) is 34.9. The molecular weight excluding hydrogens is 985 g/mol. The van der Waals surface area contributed by atoms with Crippen LogP contribution in [0.2, 0.25) is 0 Å². The third-order valence-electron chi connectivity index (χ3n) is 15.4. The van der Waals surface area contributed by atoms with Gasteiger partial charge in [0.15, 0.2) is 6.10 Å². The zero-order chi connectivity index (χ0) is 57.8. The van der Waals surface area contributed by atoms with Crippen LogP contribution >= 0.6 is 0 Å². The Morgan fingerprint density at radius 1 is 0.263 bits per heavy atom. The van der Waals surface area contributed by atoms with E-state index in [-0.39, 0.29) is 31.1 Å². The van der Waals surface area contributed by atoms with Crippen molar-refractivity contribution in [2.75, 3.05) is 13.2 Å². The van der Waals surface area contributed by atoms with Gasteiger partial charge >= 0.3 is 17.9 Å². The second-order valence-corrected chi connectivity index (χ2v) is 23.4. The Balaban J connectivity index is 4.12. The minimum absolute atomic E-state index is 0.0746. The van der Waals surface area contributed by atoms with Crippen LogP contribution < -0.4 is 0 Å². The third kappa shape index (κ3) is 65.7. The molecule has 0 aliphatic heterocycles. The maximum Gasteiger partial charge on any atom is 0.306 e. The van der Waals surface area contributed by atoms with E-state index >= 15 is 0 Å². The van der Waals surface area contributed by atoms with E-state index in [1.165, 1.54) is 225 Å². The van der Waals surface area contributed by atoms with E-state index in [9.17, 15) is 14.4 Å². The first-order valence-corrected chi connectivity index (χ1v) is 34.9. The molecule has 6 heteroatoms. The Morgan fingerprint density at radius 2 is 0.512 bits per heavy atom. The highest BCUT2D eigenvalue weighted by Gasteiger charge is 2.19. The van der Waals surface area contributed by atoms with Gasteiger partial charge < -0.3 is 14.2 Å². The van der Waals surface area contributed by atoms with E-state index < -0.39 is 6.10 Å². The van der Waals surface area contributed by atoms with Crippen LogP contribution in [0.25, 0.3) is 0 Å². The van der Waals surface area contributed by atoms with Crippen molar-refractivity contribution < 1.29 is 28.6 Å². The van der Waals surface area contributed by atoms with Crippen LogP contribution in [0.3, 0.4) is 0 Å². The minimum atomic E-state index is -0.778. The average Bonchev–Trinajstić information content (AvgIpc) is 3.46. The zero-order valence-corrected chi connectivity index (χ0v) is 53.3. The molecule has 0 heterocycles. The van der Waals surface area contributed by atoms with E-state index in [0.717, 1.165) is 96.3 Å². The molecule has 80 heavy (non-hydrogen) atoms. The summed E-state index contributed by atoms with van der Waals surface area (Å²) in [7, 11) is 0. The molecule has 0 saturated heterocycles. The van der Waals surface area contributed by atoms with Crippen LogP contribution in [0, 0.1) is 0 Å². The van der Waals surface area contributed by atoms with Crippen molar-refractivity contribution in [3.63, 3.8) is 0 Å². The first kappa shape index (κ1) is 76.9.